The van der Waals surface area contributed by atoms with Gasteiger partial charge in [-0.15, -0.1) is 0 Å². The molecule has 6 rings (SSSR count). The van der Waals surface area contributed by atoms with Gasteiger partial charge in [-0.1, -0.05) is 61.2 Å². The number of nitrogens with zero attached hydrogens (tertiary/aromatic N) is 4. The lowest BCUT2D eigenvalue weighted by Crippen LogP contribution is -2.39. The van der Waals surface area contributed by atoms with Crippen molar-refractivity contribution in [1.29, 1.82) is 0 Å². The van der Waals surface area contributed by atoms with Crippen LogP contribution in [0.15, 0.2) is 70.6 Å². The Morgan fingerprint density at radius 1 is 1.12 bits per heavy atom. The Bertz CT molecular complexity index is 1600. The molecule has 214 valence electrons. The average molecular weight is 609 g/mol. The molecular weight excluding hydrogens is 577 g/mol. The number of rotatable bonds is 7. The Morgan fingerprint density at radius 3 is 2.71 bits per heavy atom. The summed E-state index contributed by atoms with van der Waals surface area (Å²) in [6.07, 6.45) is 7.47. The van der Waals surface area contributed by atoms with E-state index in [0.717, 1.165) is 31.4 Å². The van der Waals surface area contributed by atoms with Crippen molar-refractivity contribution in [3.05, 3.63) is 71.3 Å². The normalized spacial score (nSPS) is 23.1. The molecule has 4 heterocycles. The maximum Gasteiger partial charge on any atom is 0.266 e. The highest BCUT2D eigenvalue weighted by Crippen LogP contribution is 2.36. The zero-order valence-electron chi connectivity index (χ0n) is 22.8. The van der Waals surface area contributed by atoms with Crippen LogP contribution in [0.5, 0.6) is 0 Å². The van der Waals surface area contributed by atoms with Gasteiger partial charge in [0.1, 0.15) is 10.0 Å². The number of piperidine rings is 1. The van der Waals surface area contributed by atoms with E-state index in [1.165, 1.54) is 11.8 Å². The first-order valence-corrected chi connectivity index (χ1v) is 16.6. The van der Waals surface area contributed by atoms with Crippen molar-refractivity contribution in [3.8, 4) is 16.9 Å². The molecule has 3 aromatic rings. The minimum absolute atomic E-state index is 0.000761. The maximum atomic E-state index is 13.6. The average Bonchev–Trinajstić information content (AvgIpc) is 3.71. The van der Waals surface area contributed by atoms with Gasteiger partial charge >= 0.3 is 0 Å². The van der Waals surface area contributed by atoms with E-state index >= 15 is 0 Å². The number of thioether (sulfide) groups is 1. The summed E-state index contributed by atoms with van der Waals surface area (Å²) < 4.78 is 36.7. The van der Waals surface area contributed by atoms with Crippen LogP contribution in [0.3, 0.4) is 0 Å². The van der Waals surface area contributed by atoms with Crippen LogP contribution < -0.4 is 0 Å². The number of aromatic nitrogens is 2. The molecule has 3 aliphatic rings. The van der Waals surface area contributed by atoms with E-state index in [2.05, 4.69) is 6.92 Å². The number of hydrogen-bond acceptors (Lipinski definition) is 7. The van der Waals surface area contributed by atoms with Crippen LogP contribution in [0.25, 0.3) is 23.0 Å². The number of carbonyl (C=O) groups is 1. The number of sulfonamides is 1. The van der Waals surface area contributed by atoms with Crippen LogP contribution in [0.2, 0.25) is 0 Å². The minimum Gasteiger partial charge on any atom is -0.376 e. The van der Waals surface area contributed by atoms with Crippen LogP contribution in [0, 0.1) is 5.92 Å². The van der Waals surface area contributed by atoms with Crippen LogP contribution in [-0.4, -0.2) is 70.0 Å². The zero-order valence-corrected chi connectivity index (χ0v) is 25.3. The molecule has 3 fully saturated rings. The predicted octanol–water partition coefficient (Wildman–Crippen LogP) is 5.34. The third-order valence-electron chi connectivity index (χ3n) is 7.70. The molecule has 2 aromatic carbocycles. The predicted molar refractivity (Wildman–Crippen MR) is 165 cm³/mol. The van der Waals surface area contributed by atoms with Crippen molar-refractivity contribution in [1.82, 2.24) is 19.0 Å². The Labute approximate surface area is 250 Å². The second-order valence-electron chi connectivity index (χ2n) is 10.8. The van der Waals surface area contributed by atoms with Gasteiger partial charge in [0.15, 0.2) is 0 Å². The molecule has 1 aromatic heterocycles. The van der Waals surface area contributed by atoms with E-state index in [-0.39, 0.29) is 16.9 Å². The molecule has 0 spiro atoms. The summed E-state index contributed by atoms with van der Waals surface area (Å²) >= 11 is 6.83. The summed E-state index contributed by atoms with van der Waals surface area (Å²) in [5.41, 5.74) is 2.80. The highest BCUT2D eigenvalue weighted by molar-refractivity contribution is 8.26. The highest BCUT2D eigenvalue weighted by Gasteiger charge is 2.35. The molecule has 11 heteroatoms. The molecule has 0 radical (unpaired) electrons. The van der Waals surface area contributed by atoms with E-state index in [0.29, 0.717) is 58.2 Å². The Balaban J connectivity index is 1.37. The largest absolute Gasteiger partial charge is 0.376 e. The fraction of sp³-hybridized carbons (Fsp3) is 0.367. The van der Waals surface area contributed by atoms with E-state index in [9.17, 15) is 13.2 Å². The number of carbonyl (C=O) groups excluding carboxylic acids is 1. The second-order valence-corrected chi connectivity index (χ2v) is 14.4. The molecule has 41 heavy (non-hydrogen) atoms. The molecule has 8 nitrogen and oxygen atoms in total. The van der Waals surface area contributed by atoms with E-state index in [1.807, 2.05) is 48.7 Å². The molecule has 3 saturated heterocycles. The van der Waals surface area contributed by atoms with Gasteiger partial charge < -0.3 is 4.74 Å². The van der Waals surface area contributed by atoms with E-state index in [1.54, 1.807) is 32.1 Å². The van der Waals surface area contributed by atoms with Crippen molar-refractivity contribution >= 4 is 50.3 Å². The van der Waals surface area contributed by atoms with Crippen LogP contribution >= 0.6 is 24.0 Å². The third kappa shape index (κ3) is 5.91. The summed E-state index contributed by atoms with van der Waals surface area (Å²) in [4.78, 5) is 15.8. The van der Waals surface area contributed by atoms with Gasteiger partial charge in [0.2, 0.25) is 10.0 Å². The zero-order chi connectivity index (χ0) is 28.6. The number of amides is 1. The van der Waals surface area contributed by atoms with E-state index in [4.69, 9.17) is 22.1 Å². The van der Waals surface area contributed by atoms with Gasteiger partial charge in [-0.3, -0.25) is 9.69 Å². The van der Waals surface area contributed by atoms with Gasteiger partial charge in [0.05, 0.1) is 28.1 Å². The number of benzene rings is 2. The number of hydrogen-bond donors (Lipinski definition) is 0. The standard InChI is InChI=1S/C30H32N4O4S3/c1-21-8-6-14-32(18-21)41(36,37)26-13-5-9-22(16-26)28-23(19-34(31-28)24-10-3-2-4-11-24)17-27-29(35)33(30(39)40-27)20-25-12-7-15-38-25/h2-5,9-11,13,16-17,19,21,25H,6-8,12,14-15,18,20H2,1H3/b27-17-. The van der Waals surface area contributed by atoms with Gasteiger partial charge in [0, 0.05) is 37.0 Å². The fourth-order valence-corrected chi connectivity index (χ4v) is 8.45. The Morgan fingerprint density at radius 2 is 1.95 bits per heavy atom. The maximum absolute atomic E-state index is 13.6. The summed E-state index contributed by atoms with van der Waals surface area (Å²) in [5, 5.41) is 4.86. The first-order chi connectivity index (χ1) is 19.8. The monoisotopic (exact) mass is 608 g/mol. The topological polar surface area (TPSA) is 84.7 Å². The van der Waals surface area contributed by atoms with Gasteiger partial charge in [-0.2, -0.15) is 9.40 Å². The van der Waals surface area contributed by atoms with Crippen molar-refractivity contribution in [2.45, 2.75) is 43.6 Å². The molecule has 3 aliphatic heterocycles. The molecule has 0 N–H and O–H groups in total. The molecule has 2 atom stereocenters. The first-order valence-electron chi connectivity index (χ1n) is 13.9. The molecule has 2 unspecified atom stereocenters. The van der Waals surface area contributed by atoms with Gasteiger partial charge in [-0.25, -0.2) is 13.1 Å². The Hall–Kier alpha value is -2.83. The van der Waals surface area contributed by atoms with Crippen LogP contribution in [0.4, 0.5) is 0 Å². The first kappa shape index (κ1) is 28.3. The SMILES string of the molecule is CC1CCCN(S(=O)(=O)c2cccc(-c3nn(-c4ccccc4)cc3/C=C3\SC(=S)N(CC4CCCO4)C3=O)c2)C1. The quantitative estimate of drug-likeness (QED) is 0.265. The van der Waals surface area contributed by atoms with Crippen molar-refractivity contribution in [2.75, 3.05) is 26.2 Å². The summed E-state index contributed by atoms with van der Waals surface area (Å²) in [5.74, 6) is 0.179. The van der Waals surface area contributed by atoms with Crippen LogP contribution in [-0.2, 0) is 19.6 Å². The third-order valence-corrected chi connectivity index (χ3v) is 10.9. The lowest BCUT2D eigenvalue weighted by molar-refractivity contribution is -0.123. The number of ether oxygens (including phenoxy) is 1. The number of para-hydroxylation sites is 1. The summed E-state index contributed by atoms with van der Waals surface area (Å²) in [7, 11) is -3.65. The smallest absolute Gasteiger partial charge is 0.266 e. The van der Waals surface area contributed by atoms with Crippen molar-refractivity contribution in [3.63, 3.8) is 0 Å². The van der Waals surface area contributed by atoms with Crippen LogP contribution in [0.1, 0.15) is 38.2 Å². The summed E-state index contributed by atoms with van der Waals surface area (Å²) in [6, 6.07) is 16.6. The van der Waals surface area contributed by atoms with Gasteiger partial charge in [-0.05, 0) is 61.9 Å². The molecule has 1 amide bonds. The lowest BCUT2D eigenvalue weighted by Gasteiger charge is -2.30. The van der Waals surface area contributed by atoms with Gasteiger partial charge in [0.25, 0.3) is 5.91 Å². The highest BCUT2D eigenvalue weighted by atomic mass is 32.2. The van der Waals surface area contributed by atoms with Crippen molar-refractivity contribution < 1.29 is 17.9 Å². The fourth-order valence-electron chi connectivity index (χ4n) is 5.54. The van der Waals surface area contributed by atoms with E-state index < -0.39 is 10.0 Å². The molecule has 0 saturated carbocycles. The number of thiocarbonyl (C=S) groups is 1. The molecule has 0 aliphatic carbocycles. The minimum atomic E-state index is -3.65. The van der Waals surface area contributed by atoms with Crippen molar-refractivity contribution in [2.24, 2.45) is 5.92 Å². The lowest BCUT2D eigenvalue weighted by atomic mass is 10.0. The second kappa shape index (κ2) is 11.8. The molecule has 0 bridgehead atoms. The molecular formula is C30H32N4O4S3. The summed E-state index contributed by atoms with van der Waals surface area (Å²) in [6.45, 7) is 4.30. The Kier molecular flexibility index (Phi) is 8.15.